The van der Waals surface area contributed by atoms with Crippen molar-refractivity contribution in [2.45, 2.75) is 44.6 Å². The van der Waals surface area contributed by atoms with Crippen LogP contribution >= 0.6 is 23.2 Å². The highest BCUT2D eigenvalue weighted by molar-refractivity contribution is 7.89. The second-order valence-electron chi connectivity index (χ2n) is 5.54. The second kappa shape index (κ2) is 5.48. The standard InChI is InChI=1S/C14H19Cl2NO2S/c1-8-7-12(15)9(2)14(13(8)16)20(18,19)17(4)10(3)11-5-6-11/h7,10-11H,5-6H2,1-4H3. The van der Waals surface area contributed by atoms with E-state index in [1.165, 1.54) is 4.31 Å². The lowest BCUT2D eigenvalue weighted by atomic mass is 10.2. The van der Waals surface area contributed by atoms with Gasteiger partial charge in [-0.1, -0.05) is 23.2 Å². The Morgan fingerprint density at radius 2 is 1.85 bits per heavy atom. The van der Waals surface area contributed by atoms with Gasteiger partial charge in [-0.25, -0.2) is 8.42 Å². The summed E-state index contributed by atoms with van der Waals surface area (Å²) in [6.45, 7) is 5.39. The summed E-state index contributed by atoms with van der Waals surface area (Å²) in [5.74, 6) is 0.453. The highest BCUT2D eigenvalue weighted by Crippen LogP contribution is 2.39. The van der Waals surface area contributed by atoms with Gasteiger partial charge in [0, 0.05) is 18.1 Å². The molecule has 0 spiro atoms. The average molecular weight is 336 g/mol. The van der Waals surface area contributed by atoms with E-state index in [0.717, 1.165) is 12.8 Å². The Balaban J connectivity index is 2.54. The third kappa shape index (κ3) is 2.71. The minimum absolute atomic E-state index is 0.0187. The second-order valence-corrected chi connectivity index (χ2v) is 8.26. The van der Waals surface area contributed by atoms with Gasteiger partial charge in [0.05, 0.1) is 5.02 Å². The van der Waals surface area contributed by atoms with Crippen LogP contribution in [0.15, 0.2) is 11.0 Å². The van der Waals surface area contributed by atoms with E-state index in [2.05, 4.69) is 0 Å². The average Bonchev–Trinajstić information content (AvgIpc) is 3.19. The molecule has 1 atom stereocenters. The van der Waals surface area contributed by atoms with Crippen molar-refractivity contribution >= 4 is 33.2 Å². The van der Waals surface area contributed by atoms with Crippen LogP contribution in [0.25, 0.3) is 0 Å². The normalized spacial score (nSPS) is 17.6. The molecule has 3 nitrogen and oxygen atoms in total. The van der Waals surface area contributed by atoms with E-state index < -0.39 is 10.0 Å². The van der Waals surface area contributed by atoms with Crippen molar-refractivity contribution in [2.75, 3.05) is 7.05 Å². The van der Waals surface area contributed by atoms with Gasteiger partial charge in [0.15, 0.2) is 0 Å². The number of nitrogens with zero attached hydrogens (tertiary/aromatic N) is 1. The van der Waals surface area contributed by atoms with Crippen LogP contribution in [0, 0.1) is 19.8 Å². The highest BCUT2D eigenvalue weighted by Gasteiger charge is 2.37. The van der Waals surface area contributed by atoms with Crippen molar-refractivity contribution in [1.29, 1.82) is 0 Å². The van der Waals surface area contributed by atoms with Crippen molar-refractivity contribution in [3.8, 4) is 0 Å². The van der Waals surface area contributed by atoms with Crippen LogP contribution in [0.4, 0.5) is 0 Å². The lowest BCUT2D eigenvalue weighted by molar-refractivity contribution is 0.357. The molecule has 0 aromatic heterocycles. The predicted octanol–water partition coefficient (Wildman–Crippen LogP) is 4.03. The van der Waals surface area contributed by atoms with Crippen LogP contribution in [0.3, 0.4) is 0 Å². The minimum Gasteiger partial charge on any atom is -0.207 e. The molecular weight excluding hydrogens is 317 g/mol. The van der Waals surface area contributed by atoms with Gasteiger partial charge in [-0.05, 0) is 56.7 Å². The number of aryl methyl sites for hydroxylation is 1. The summed E-state index contributed by atoms with van der Waals surface area (Å²) < 4.78 is 27.1. The Hall–Kier alpha value is -0.290. The Morgan fingerprint density at radius 1 is 1.30 bits per heavy atom. The van der Waals surface area contributed by atoms with Crippen LogP contribution < -0.4 is 0 Å². The van der Waals surface area contributed by atoms with Gasteiger partial charge in [0.25, 0.3) is 0 Å². The maximum Gasteiger partial charge on any atom is 0.244 e. The molecule has 0 aliphatic heterocycles. The van der Waals surface area contributed by atoms with Gasteiger partial charge >= 0.3 is 0 Å². The van der Waals surface area contributed by atoms with E-state index in [-0.39, 0.29) is 16.0 Å². The minimum atomic E-state index is -3.63. The Labute approximate surface area is 130 Å². The molecule has 1 unspecified atom stereocenters. The van der Waals surface area contributed by atoms with Gasteiger partial charge in [0.1, 0.15) is 4.90 Å². The molecule has 1 aromatic rings. The van der Waals surface area contributed by atoms with E-state index in [9.17, 15) is 8.42 Å². The maximum atomic E-state index is 12.8. The van der Waals surface area contributed by atoms with E-state index in [1.54, 1.807) is 27.0 Å². The first kappa shape index (κ1) is 16.1. The Morgan fingerprint density at radius 3 is 2.35 bits per heavy atom. The number of halogens is 2. The van der Waals surface area contributed by atoms with E-state index in [1.807, 2.05) is 6.92 Å². The third-order valence-corrected chi connectivity index (χ3v) is 7.21. The van der Waals surface area contributed by atoms with Crippen LogP contribution in [-0.2, 0) is 10.0 Å². The predicted molar refractivity (Wildman–Crippen MR) is 83.1 cm³/mol. The van der Waals surface area contributed by atoms with E-state index in [4.69, 9.17) is 23.2 Å². The molecule has 0 bridgehead atoms. The SMILES string of the molecule is Cc1cc(Cl)c(C)c(S(=O)(=O)N(C)C(C)C2CC2)c1Cl. The molecule has 0 saturated heterocycles. The van der Waals surface area contributed by atoms with E-state index >= 15 is 0 Å². The first-order valence-corrected chi connectivity index (χ1v) is 8.80. The summed E-state index contributed by atoms with van der Waals surface area (Å²) in [4.78, 5) is 0.138. The number of hydrogen-bond acceptors (Lipinski definition) is 2. The van der Waals surface area contributed by atoms with Crippen molar-refractivity contribution in [3.05, 3.63) is 27.2 Å². The molecule has 1 aromatic carbocycles. The van der Waals surface area contributed by atoms with Gasteiger partial charge in [-0.15, -0.1) is 0 Å². The number of sulfonamides is 1. The Bertz CT molecular complexity index is 613. The van der Waals surface area contributed by atoms with Crippen LogP contribution in [0.1, 0.15) is 30.9 Å². The molecule has 6 heteroatoms. The van der Waals surface area contributed by atoms with Crippen molar-refractivity contribution in [3.63, 3.8) is 0 Å². The summed E-state index contributed by atoms with van der Waals surface area (Å²) in [6, 6.07) is 1.68. The molecule has 0 radical (unpaired) electrons. The van der Waals surface area contributed by atoms with Gasteiger partial charge < -0.3 is 0 Å². The number of hydrogen-bond donors (Lipinski definition) is 0. The number of rotatable bonds is 4. The summed E-state index contributed by atoms with van der Waals surface area (Å²) in [6.07, 6.45) is 2.17. The molecule has 0 amide bonds. The third-order valence-electron chi connectivity index (χ3n) is 4.10. The quantitative estimate of drug-likeness (QED) is 0.832. The molecule has 1 aliphatic rings. The maximum absolute atomic E-state index is 12.8. The topological polar surface area (TPSA) is 37.4 Å². The molecule has 2 rings (SSSR count). The lowest BCUT2D eigenvalue weighted by Gasteiger charge is -2.26. The van der Waals surface area contributed by atoms with Gasteiger partial charge in [0.2, 0.25) is 10.0 Å². The zero-order valence-electron chi connectivity index (χ0n) is 12.1. The molecule has 1 aliphatic carbocycles. The van der Waals surface area contributed by atoms with Crippen molar-refractivity contribution in [1.82, 2.24) is 4.31 Å². The Kier molecular flexibility index (Phi) is 4.41. The molecular formula is C14H19Cl2NO2S. The summed E-state index contributed by atoms with van der Waals surface area (Å²) >= 11 is 12.3. The molecule has 0 heterocycles. The van der Waals surface area contributed by atoms with E-state index in [0.29, 0.717) is 22.1 Å². The molecule has 0 N–H and O–H groups in total. The van der Waals surface area contributed by atoms with Crippen LogP contribution in [0.2, 0.25) is 10.0 Å². The largest absolute Gasteiger partial charge is 0.244 e. The monoisotopic (exact) mass is 335 g/mol. The van der Waals surface area contributed by atoms with Crippen molar-refractivity contribution < 1.29 is 8.42 Å². The fourth-order valence-electron chi connectivity index (χ4n) is 2.36. The van der Waals surface area contributed by atoms with Gasteiger partial charge in [-0.3, -0.25) is 0 Å². The fourth-order valence-corrected chi connectivity index (χ4v) is 4.94. The van der Waals surface area contributed by atoms with Gasteiger partial charge in [-0.2, -0.15) is 4.31 Å². The van der Waals surface area contributed by atoms with Crippen LogP contribution in [0.5, 0.6) is 0 Å². The van der Waals surface area contributed by atoms with Crippen LogP contribution in [-0.4, -0.2) is 25.8 Å². The fraction of sp³-hybridized carbons (Fsp3) is 0.571. The lowest BCUT2D eigenvalue weighted by Crippen LogP contribution is -2.37. The molecule has 112 valence electrons. The zero-order valence-corrected chi connectivity index (χ0v) is 14.4. The molecule has 1 saturated carbocycles. The summed E-state index contributed by atoms with van der Waals surface area (Å²) in [5.41, 5.74) is 1.19. The zero-order chi connectivity index (χ0) is 15.2. The highest BCUT2D eigenvalue weighted by atomic mass is 35.5. The first-order chi connectivity index (χ1) is 9.17. The molecule has 20 heavy (non-hydrogen) atoms. The smallest absolute Gasteiger partial charge is 0.207 e. The van der Waals surface area contributed by atoms with Crippen molar-refractivity contribution in [2.24, 2.45) is 5.92 Å². The molecule has 1 fully saturated rings. The number of benzene rings is 1. The summed E-state index contributed by atoms with van der Waals surface area (Å²) in [5, 5.41) is 0.694. The first-order valence-electron chi connectivity index (χ1n) is 6.61. The summed E-state index contributed by atoms with van der Waals surface area (Å²) in [7, 11) is -2.02.